The summed E-state index contributed by atoms with van der Waals surface area (Å²) in [6.45, 7) is 7.72. The van der Waals surface area contributed by atoms with Crippen LogP contribution in [0.15, 0.2) is 42.5 Å². The molecule has 1 aliphatic rings. The maximum Gasteiger partial charge on any atom is 0.164 e. The zero-order valence-electron chi connectivity index (χ0n) is 14.6. The van der Waals surface area contributed by atoms with Crippen molar-refractivity contribution in [2.24, 2.45) is 0 Å². The summed E-state index contributed by atoms with van der Waals surface area (Å²) in [4.78, 5) is 0. The quantitative estimate of drug-likeness (QED) is 0.901. The molecule has 0 aromatic heterocycles. The van der Waals surface area contributed by atoms with Crippen LogP contribution < -0.4 is 14.8 Å². The fraction of sp³-hybridized carbons (Fsp3) is 0.400. The van der Waals surface area contributed by atoms with Gasteiger partial charge in [-0.1, -0.05) is 50.2 Å². The Morgan fingerprint density at radius 2 is 1.83 bits per heavy atom. The lowest BCUT2D eigenvalue weighted by Crippen LogP contribution is -2.28. The van der Waals surface area contributed by atoms with Crippen LogP contribution in [-0.4, -0.2) is 13.7 Å². The van der Waals surface area contributed by atoms with E-state index >= 15 is 0 Å². The van der Waals surface area contributed by atoms with Crippen LogP contribution in [-0.2, 0) is 13.0 Å². The largest absolute Gasteiger partial charge is 0.493 e. The van der Waals surface area contributed by atoms with Gasteiger partial charge in [-0.3, -0.25) is 0 Å². The van der Waals surface area contributed by atoms with Crippen molar-refractivity contribution in [2.75, 3.05) is 13.7 Å². The zero-order chi connectivity index (χ0) is 16.7. The van der Waals surface area contributed by atoms with Crippen molar-refractivity contribution in [3.8, 4) is 11.5 Å². The van der Waals surface area contributed by atoms with Crippen molar-refractivity contribution in [3.05, 3.63) is 59.2 Å². The van der Waals surface area contributed by atoms with Gasteiger partial charge in [0.2, 0.25) is 0 Å². The van der Waals surface area contributed by atoms with Gasteiger partial charge < -0.3 is 14.8 Å². The molecule has 0 amide bonds. The van der Waals surface area contributed by atoms with E-state index in [-0.39, 0.29) is 0 Å². The monoisotopic (exact) mass is 313 g/mol. The Labute approximate surface area is 139 Å². The van der Waals surface area contributed by atoms with E-state index < -0.39 is 0 Å². The number of benzene rings is 2. The molecule has 1 heterocycles. The summed E-state index contributed by atoms with van der Waals surface area (Å²) in [5.41, 5.74) is 3.74. The first kappa shape index (κ1) is 17.4. The Morgan fingerprint density at radius 1 is 1.09 bits per heavy atom. The first-order chi connectivity index (χ1) is 11.3. The highest BCUT2D eigenvalue weighted by Crippen LogP contribution is 2.38. The predicted molar refractivity (Wildman–Crippen MR) is 95.2 cm³/mol. The normalized spacial score (nSPS) is 15.9. The Morgan fingerprint density at radius 3 is 2.52 bits per heavy atom. The van der Waals surface area contributed by atoms with E-state index in [0.717, 1.165) is 30.0 Å². The lowest BCUT2D eigenvalue weighted by Gasteiger charge is -2.26. The third-order valence-corrected chi connectivity index (χ3v) is 3.99. The molecule has 3 rings (SSSR count). The molecule has 3 heteroatoms. The van der Waals surface area contributed by atoms with Crippen LogP contribution in [0.1, 0.15) is 43.5 Å². The molecule has 0 aliphatic carbocycles. The van der Waals surface area contributed by atoms with Crippen LogP contribution in [0.2, 0.25) is 0 Å². The maximum absolute atomic E-state index is 5.97. The van der Waals surface area contributed by atoms with E-state index in [1.807, 2.05) is 38.1 Å². The molecule has 0 radical (unpaired) electrons. The predicted octanol–water partition coefficient (Wildman–Crippen LogP) is 4.51. The Bertz CT molecular complexity index is 611. The van der Waals surface area contributed by atoms with Gasteiger partial charge in [-0.15, -0.1) is 0 Å². The average molecular weight is 313 g/mol. The van der Waals surface area contributed by atoms with E-state index in [4.69, 9.17) is 9.47 Å². The molecule has 3 nitrogen and oxygen atoms in total. The Kier molecular flexibility index (Phi) is 6.48. The molecule has 124 valence electrons. The fourth-order valence-corrected chi connectivity index (χ4v) is 2.88. The van der Waals surface area contributed by atoms with Crippen molar-refractivity contribution in [1.29, 1.82) is 0 Å². The van der Waals surface area contributed by atoms with Gasteiger partial charge in [-0.05, 0) is 37.1 Å². The number of fused-ring (bicyclic) bond motifs is 1. The summed E-state index contributed by atoms with van der Waals surface area (Å²) in [5, 5.41) is 3.47. The molecule has 0 bridgehead atoms. The van der Waals surface area contributed by atoms with Crippen LogP contribution in [0.25, 0.3) is 0 Å². The molecule has 1 N–H and O–H groups in total. The molecule has 0 saturated carbocycles. The van der Waals surface area contributed by atoms with Crippen LogP contribution in [0.5, 0.6) is 11.5 Å². The highest BCUT2D eigenvalue weighted by atomic mass is 16.5. The van der Waals surface area contributed by atoms with Gasteiger partial charge in [0, 0.05) is 11.6 Å². The van der Waals surface area contributed by atoms with Crippen molar-refractivity contribution < 1.29 is 9.47 Å². The lowest BCUT2D eigenvalue weighted by molar-refractivity contribution is 0.282. The highest BCUT2D eigenvalue weighted by molar-refractivity contribution is 5.52. The number of nitrogens with one attached hydrogen (secondary N) is 1. The molecule has 1 aliphatic heterocycles. The molecular formula is C20H27NO2. The third-order valence-electron chi connectivity index (χ3n) is 3.99. The highest BCUT2D eigenvalue weighted by Gasteiger charge is 2.22. The van der Waals surface area contributed by atoms with E-state index in [1.54, 1.807) is 7.11 Å². The summed E-state index contributed by atoms with van der Waals surface area (Å²) in [6.07, 6.45) is 0.978. The van der Waals surface area contributed by atoms with Crippen molar-refractivity contribution >= 4 is 0 Å². The Hall–Kier alpha value is -2.00. The van der Waals surface area contributed by atoms with Gasteiger partial charge in [0.1, 0.15) is 6.61 Å². The number of rotatable bonds is 4. The van der Waals surface area contributed by atoms with Crippen LogP contribution in [0, 0.1) is 0 Å². The molecule has 23 heavy (non-hydrogen) atoms. The van der Waals surface area contributed by atoms with E-state index in [2.05, 4.69) is 30.4 Å². The second-order valence-corrected chi connectivity index (χ2v) is 5.36. The zero-order valence-corrected chi connectivity index (χ0v) is 14.6. The molecule has 0 saturated heterocycles. The summed E-state index contributed by atoms with van der Waals surface area (Å²) in [7, 11) is 1.72. The molecule has 2 aromatic rings. The summed E-state index contributed by atoms with van der Waals surface area (Å²) in [5.74, 6) is 1.71. The topological polar surface area (TPSA) is 30.5 Å². The number of hydrogen-bond donors (Lipinski definition) is 1. The number of hydrogen-bond acceptors (Lipinski definition) is 3. The minimum absolute atomic E-state index is 0.367. The fourth-order valence-electron chi connectivity index (χ4n) is 2.88. The van der Waals surface area contributed by atoms with Crippen molar-refractivity contribution in [2.45, 2.75) is 39.8 Å². The van der Waals surface area contributed by atoms with Crippen LogP contribution in [0.4, 0.5) is 0 Å². The van der Waals surface area contributed by atoms with Gasteiger partial charge >= 0.3 is 0 Å². The molecule has 1 unspecified atom stereocenters. The minimum atomic E-state index is 0.367. The molecule has 1 atom stereocenters. The van der Waals surface area contributed by atoms with Gasteiger partial charge in [-0.2, -0.15) is 0 Å². The van der Waals surface area contributed by atoms with E-state index in [9.17, 15) is 0 Å². The summed E-state index contributed by atoms with van der Waals surface area (Å²) < 4.78 is 11.6. The maximum atomic E-state index is 5.97. The molecule has 0 spiro atoms. The Balaban J connectivity index is 0.000000924. The molecular weight excluding hydrogens is 286 g/mol. The van der Waals surface area contributed by atoms with Gasteiger partial charge in [0.05, 0.1) is 7.11 Å². The lowest BCUT2D eigenvalue weighted by atomic mass is 9.94. The summed E-state index contributed by atoms with van der Waals surface area (Å²) >= 11 is 0. The minimum Gasteiger partial charge on any atom is -0.493 e. The van der Waals surface area contributed by atoms with Crippen molar-refractivity contribution in [3.63, 3.8) is 0 Å². The smallest absolute Gasteiger partial charge is 0.164 e. The average Bonchev–Trinajstić information content (AvgIpc) is 2.62. The number of ether oxygens (including phenoxy) is 2. The van der Waals surface area contributed by atoms with Crippen molar-refractivity contribution in [1.82, 2.24) is 5.32 Å². The van der Waals surface area contributed by atoms with E-state index in [0.29, 0.717) is 12.6 Å². The number of methoxy groups -OCH3 is 1. The van der Waals surface area contributed by atoms with Gasteiger partial charge in [-0.25, -0.2) is 0 Å². The SMILES string of the molecule is CC.COc1c(OCc2ccccc2)ccc2c1CCNC2C. The molecule has 2 aromatic carbocycles. The van der Waals surface area contributed by atoms with Gasteiger partial charge in [0.15, 0.2) is 11.5 Å². The second kappa shape index (κ2) is 8.59. The second-order valence-electron chi connectivity index (χ2n) is 5.36. The van der Waals surface area contributed by atoms with Gasteiger partial charge in [0.25, 0.3) is 0 Å². The standard InChI is InChI=1S/C18H21NO2.C2H6/c1-13-15-8-9-17(18(20-2)16(15)10-11-19-13)21-12-14-6-4-3-5-7-14;1-2/h3-9,13,19H,10-12H2,1-2H3;1-2H3. The first-order valence-electron chi connectivity index (χ1n) is 8.39. The van der Waals surface area contributed by atoms with E-state index in [1.165, 1.54) is 11.1 Å². The first-order valence-corrected chi connectivity index (χ1v) is 8.39. The molecule has 0 fully saturated rings. The third kappa shape index (κ3) is 4.05. The van der Waals surface area contributed by atoms with Crippen LogP contribution >= 0.6 is 0 Å². The van der Waals surface area contributed by atoms with Crippen LogP contribution in [0.3, 0.4) is 0 Å². The summed E-state index contributed by atoms with van der Waals surface area (Å²) in [6, 6.07) is 14.7.